The van der Waals surface area contributed by atoms with Crippen LogP contribution >= 0.6 is 0 Å². The molecule has 0 atom stereocenters. The van der Waals surface area contributed by atoms with Gasteiger partial charge < -0.3 is 10.6 Å². The number of nitrogens with zero attached hydrogens (tertiary/aromatic N) is 2. The van der Waals surface area contributed by atoms with Crippen molar-refractivity contribution in [2.75, 3.05) is 13.1 Å². The standard InChI is InChI=1S/C12H14N4O3/c1-9-10(3-2-4-11(9)16(18)19)7-14-8-12(17)15-6-5-13/h2-4,14H,6-8H2,1H3,(H,15,17). The van der Waals surface area contributed by atoms with E-state index in [1.165, 1.54) is 6.07 Å². The predicted octanol–water partition coefficient (Wildman–Crippen LogP) is 0.633. The first-order chi connectivity index (χ1) is 9.06. The Kier molecular flexibility index (Phi) is 5.44. The zero-order chi connectivity index (χ0) is 14.3. The van der Waals surface area contributed by atoms with Crippen LogP contribution in [-0.4, -0.2) is 23.9 Å². The quantitative estimate of drug-likeness (QED) is 0.444. The number of carbonyl (C=O) groups is 1. The molecular weight excluding hydrogens is 248 g/mol. The van der Waals surface area contributed by atoms with E-state index in [1.807, 2.05) is 0 Å². The van der Waals surface area contributed by atoms with E-state index in [0.717, 1.165) is 5.56 Å². The third-order valence-electron chi connectivity index (χ3n) is 2.58. The fraction of sp³-hybridized carbons (Fsp3) is 0.333. The molecule has 1 aromatic rings. The number of nitriles is 1. The molecule has 1 amide bonds. The number of rotatable bonds is 6. The predicted molar refractivity (Wildman–Crippen MR) is 68.2 cm³/mol. The molecule has 0 radical (unpaired) electrons. The molecule has 2 N–H and O–H groups in total. The molecule has 0 saturated carbocycles. The van der Waals surface area contributed by atoms with Crippen molar-refractivity contribution >= 4 is 11.6 Å². The van der Waals surface area contributed by atoms with Gasteiger partial charge in [-0.2, -0.15) is 5.26 Å². The summed E-state index contributed by atoms with van der Waals surface area (Å²) in [6.45, 7) is 2.05. The van der Waals surface area contributed by atoms with Crippen LogP contribution in [0.25, 0.3) is 0 Å². The Balaban J connectivity index is 2.55. The van der Waals surface area contributed by atoms with Crippen LogP contribution in [0.2, 0.25) is 0 Å². The number of hydrogen-bond acceptors (Lipinski definition) is 5. The van der Waals surface area contributed by atoms with Gasteiger partial charge >= 0.3 is 0 Å². The fourth-order valence-electron chi connectivity index (χ4n) is 1.57. The molecule has 0 aromatic heterocycles. The lowest BCUT2D eigenvalue weighted by Crippen LogP contribution is -2.33. The maximum Gasteiger partial charge on any atom is 0.272 e. The smallest absolute Gasteiger partial charge is 0.272 e. The zero-order valence-corrected chi connectivity index (χ0v) is 10.5. The summed E-state index contributed by atoms with van der Waals surface area (Å²) in [5, 5.41) is 24.3. The Labute approximate surface area is 110 Å². The van der Waals surface area contributed by atoms with E-state index in [9.17, 15) is 14.9 Å². The number of amides is 1. The van der Waals surface area contributed by atoms with Crippen molar-refractivity contribution < 1.29 is 9.72 Å². The minimum atomic E-state index is -0.432. The van der Waals surface area contributed by atoms with Gasteiger partial charge in [-0.3, -0.25) is 14.9 Å². The lowest BCUT2D eigenvalue weighted by molar-refractivity contribution is -0.385. The third-order valence-corrected chi connectivity index (χ3v) is 2.58. The van der Waals surface area contributed by atoms with Crippen LogP contribution in [0.15, 0.2) is 18.2 Å². The number of hydrogen-bond donors (Lipinski definition) is 2. The lowest BCUT2D eigenvalue weighted by Gasteiger charge is -2.07. The first kappa shape index (κ1) is 14.6. The van der Waals surface area contributed by atoms with Crippen LogP contribution in [0.4, 0.5) is 5.69 Å². The highest BCUT2D eigenvalue weighted by Crippen LogP contribution is 2.20. The summed E-state index contributed by atoms with van der Waals surface area (Å²) in [5.74, 6) is -0.287. The monoisotopic (exact) mass is 262 g/mol. The molecule has 0 aliphatic carbocycles. The van der Waals surface area contributed by atoms with E-state index < -0.39 is 4.92 Å². The molecule has 1 rings (SSSR count). The van der Waals surface area contributed by atoms with Gasteiger partial charge in [0.2, 0.25) is 5.91 Å². The van der Waals surface area contributed by atoms with Gasteiger partial charge in [0.1, 0.15) is 6.54 Å². The van der Waals surface area contributed by atoms with E-state index in [1.54, 1.807) is 25.1 Å². The molecule has 1 aromatic carbocycles. The molecule has 7 heteroatoms. The summed E-state index contributed by atoms with van der Waals surface area (Å²) >= 11 is 0. The summed E-state index contributed by atoms with van der Waals surface area (Å²) in [4.78, 5) is 21.6. The van der Waals surface area contributed by atoms with Crippen molar-refractivity contribution in [1.82, 2.24) is 10.6 Å². The number of nitro groups is 1. The highest BCUT2D eigenvalue weighted by atomic mass is 16.6. The highest BCUT2D eigenvalue weighted by Gasteiger charge is 2.12. The Morgan fingerprint density at radius 2 is 2.26 bits per heavy atom. The topological polar surface area (TPSA) is 108 Å². The summed E-state index contributed by atoms with van der Waals surface area (Å²) in [5.41, 5.74) is 1.41. The van der Waals surface area contributed by atoms with E-state index in [2.05, 4.69) is 10.6 Å². The second-order valence-corrected chi connectivity index (χ2v) is 3.86. The van der Waals surface area contributed by atoms with Crippen molar-refractivity contribution in [3.05, 3.63) is 39.4 Å². The van der Waals surface area contributed by atoms with E-state index >= 15 is 0 Å². The van der Waals surface area contributed by atoms with Crippen molar-refractivity contribution in [3.8, 4) is 6.07 Å². The Morgan fingerprint density at radius 3 is 2.89 bits per heavy atom. The van der Waals surface area contributed by atoms with Gasteiger partial charge in [-0.05, 0) is 12.5 Å². The third kappa shape index (κ3) is 4.37. The minimum absolute atomic E-state index is 0.0314. The second-order valence-electron chi connectivity index (χ2n) is 3.86. The van der Waals surface area contributed by atoms with Crippen LogP contribution in [-0.2, 0) is 11.3 Å². The Hall–Kier alpha value is -2.46. The van der Waals surface area contributed by atoms with E-state index in [-0.39, 0.29) is 24.7 Å². The molecule has 19 heavy (non-hydrogen) atoms. The fourth-order valence-corrected chi connectivity index (χ4v) is 1.57. The average molecular weight is 262 g/mol. The molecule has 100 valence electrons. The number of carbonyl (C=O) groups excluding carboxylic acids is 1. The van der Waals surface area contributed by atoms with E-state index in [0.29, 0.717) is 12.1 Å². The van der Waals surface area contributed by atoms with Crippen LogP contribution < -0.4 is 10.6 Å². The van der Waals surface area contributed by atoms with Gasteiger partial charge in [0.25, 0.3) is 5.69 Å². The largest absolute Gasteiger partial charge is 0.342 e. The van der Waals surface area contributed by atoms with Crippen molar-refractivity contribution in [1.29, 1.82) is 5.26 Å². The van der Waals surface area contributed by atoms with Gasteiger partial charge in [0.05, 0.1) is 17.5 Å². The van der Waals surface area contributed by atoms with Crippen molar-refractivity contribution in [2.24, 2.45) is 0 Å². The molecule has 0 aliphatic rings. The summed E-state index contributed by atoms with van der Waals surface area (Å²) in [7, 11) is 0. The summed E-state index contributed by atoms with van der Waals surface area (Å²) in [6.07, 6.45) is 0. The molecule has 0 aliphatic heterocycles. The highest BCUT2D eigenvalue weighted by molar-refractivity contribution is 5.78. The molecule has 0 bridgehead atoms. The van der Waals surface area contributed by atoms with Crippen LogP contribution in [0, 0.1) is 28.4 Å². The molecule has 0 fully saturated rings. The van der Waals surface area contributed by atoms with Crippen LogP contribution in [0.3, 0.4) is 0 Å². The lowest BCUT2D eigenvalue weighted by atomic mass is 10.1. The normalized spacial score (nSPS) is 9.68. The SMILES string of the molecule is Cc1c(CNCC(=O)NCC#N)cccc1[N+](=O)[O-]. The number of nitrogens with one attached hydrogen (secondary N) is 2. The Morgan fingerprint density at radius 1 is 1.53 bits per heavy atom. The molecular formula is C12H14N4O3. The second kappa shape index (κ2) is 7.08. The van der Waals surface area contributed by atoms with Crippen molar-refractivity contribution in [3.63, 3.8) is 0 Å². The van der Waals surface area contributed by atoms with E-state index in [4.69, 9.17) is 5.26 Å². The Bertz CT molecular complexity index is 522. The van der Waals surface area contributed by atoms with Crippen molar-refractivity contribution in [2.45, 2.75) is 13.5 Å². The maximum atomic E-state index is 11.2. The molecule has 0 spiro atoms. The van der Waals surface area contributed by atoms with Gasteiger partial charge in [0, 0.05) is 18.2 Å². The van der Waals surface area contributed by atoms with Crippen LogP contribution in [0.5, 0.6) is 0 Å². The van der Waals surface area contributed by atoms with Gasteiger partial charge in [-0.25, -0.2) is 0 Å². The van der Waals surface area contributed by atoms with Gasteiger partial charge in [-0.1, -0.05) is 12.1 Å². The first-order valence-electron chi connectivity index (χ1n) is 5.63. The average Bonchev–Trinajstić information content (AvgIpc) is 2.38. The number of nitro benzene ring substituents is 1. The molecule has 0 heterocycles. The van der Waals surface area contributed by atoms with Gasteiger partial charge in [0.15, 0.2) is 0 Å². The first-order valence-corrected chi connectivity index (χ1v) is 5.63. The number of benzene rings is 1. The summed E-state index contributed by atoms with van der Waals surface area (Å²) < 4.78 is 0. The van der Waals surface area contributed by atoms with Gasteiger partial charge in [-0.15, -0.1) is 0 Å². The van der Waals surface area contributed by atoms with Crippen LogP contribution in [0.1, 0.15) is 11.1 Å². The molecule has 0 unspecified atom stereocenters. The summed E-state index contributed by atoms with van der Waals surface area (Å²) in [6, 6.07) is 6.62. The maximum absolute atomic E-state index is 11.2. The zero-order valence-electron chi connectivity index (χ0n) is 10.5. The minimum Gasteiger partial charge on any atom is -0.342 e. The molecule has 7 nitrogen and oxygen atoms in total. The molecule has 0 saturated heterocycles.